The van der Waals surface area contributed by atoms with Crippen molar-refractivity contribution in [3.8, 4) is 12.1 Å². The SMILES string of the molecule is CC(O)CNS(=O)(=O)CCCS(=O)(=O)c1ccc(C#N)c(C#N)c1. The summed E-state index contributed by atoms with van der Waals surface area (Å²) in [5.41, 5.74) is 0.0196. The van der Waals surface area contributed by atoms with Crippen LogP contribution in [0.15, 0.2) is 23.1 Å². The molecule has 0 aromatic heterocycles. The molecule has 0 spiro atoms. The first-order valence-electron chi connectivity index (χ1n) is 6.93. The number of nitrogens with zero attached hydrogens (tertiary/aromatic N) is 2. The first-order valence-corrected chi connectivity index (χ1v) is 10.2. The van der Waals surface area contributed by atoms with Crippen LogP contribution in [0.25, 0.3) is 0 Å². The molecule has 0 radical (unpaired) electrons. The van der Waals surface area contributed by atoms with E-state index in [0.717, 1.165) is 6.07 Å². The van der Waals surface area contributed by atoms with Gasteiger partial charge in [-0.15, -0.1) is 0 Å². The lowest BCUT2D eigenvalue weighted by molar-refractivity contribution is 0.198. The lowest BCUT2D eigenvalue weighted by Gasteiger charge is -2.09. The van der Waals surface area contributed by atoms with Crippen molar-refractivity contribution in [2.75, 3.05) is 18.1 Å². The van der Waals surface area contributed by atoms with E-state index in [-0.39, 0.29) is 29.0 Å². The van der Waals surface area contributed by atoms with E-state index >= 15 is 0 Å². The summed E-state index contributed by atoms with van der Waals surface area (Å²) in [6.07, 6.45) is -0.981. The standard InChI is InChI=1S/C14H17N3O5S2/c1-11(18)10-17-24(21,22)6-2-5-23(19,20)14-4-3-12(8-15)13(7-14)9-16/h3-4,7,11,17-18H,2,5-6,10H2,1H3. The number of aliphatic hydroxyl groups excluding tert-OH is 1. The molecule has 0 bridgehead atoms. The Balaban J connectivity index is 2.78. The van der Waals surface area contributed by atoms with Crippen LogP contribution >= 0.6 is 0 Å². The van der Waals surface area contributed by atoms with E-state index in [4.69, 9.17) is 15.6 Å². The molecule has 10 heteroatoms. The maximum atomic E-state index is 12.2. The van der Waals surface area contributed by atoms with Gasteiger partial charge < -0.3 is 5.11 Å². The number of hydrogen-bond acceptors (Lipinski definition) is 7. The summed E-state index contributed by atoms with van der Waals surface area (Å²) in [4.78, 5) is -0.132. The number of nitrogens with one attached hydrogen (secondary N) is 1. The van der Waals surface area contributed by atoms with E-state index in [1.165, 1.54) is 19.1 Å². The molecule has 0 fully saturated rings. The fourth-order valence-corrected chi connectivity index (χ4v) is 4.46. The lowest BCUT2D eigenvalue weighted by atomic mass is 10.1. The fraction of sp³-hybridized carbons (Fsp3) is 0.429. The van der Waals surface area contributed by atoms with Crippen molar-refractivity contribution in [1.29, 1.82) is 10.5 Å². The molecule has 1 aromatic carbocycles. The van der Waals surface area contributed by atoms with Gasteiger partial charge in [-0.3, -0.25) is 0 Å². The normalized spacial score (nSPS) is 13.0. The fourth-order valence-electron chi connectivity index (χ4n) is 1.78. The smallest absolute Gasteiger partial charge is 0.211 e. The van der Waals surface area contributed by atoms with E-state index < -0.39 is 37.5 Å². The van der Waals surface area contributed by atoms with Crippen LogP contribution in [0.4, 0.5) is 0 Å². The second-order valence-electron chi connectivity index (χ2n) is 5.12. The highest BCUT2D eigenvalue weighted by molar-refractivity contribution is 7.91. The molecule has 0 aliphatic heterocycles. The van der Waals surface area contributed by atoms with Gasteiger partial charge in [-0.2, -0.15) is 10.5 Å². The molecule has 0 aliphatic carbocycles. The number of aliphatic hydroxyl groups is 1. The van der Waals surface area contributed by atoms with Crippen molar-refractivity contribution in [2.45, 2.75) is 24.3 Å². The molecule has 0 saturated heterocycles. The molecule has 1 unspecified atom stereocenters. The lowest BCUT2D eigenvalue weighted by Crippen LogP contribution is -2.33. The van der Waals surface area contributed by atoms with Gasteiger partial charge in [-0.05, 0) is 31.5 Å². The Bertz CT molecular complexity index is 878. The molecule has 1 atom stereocenters. The van der Waals surface area contributed by atoms with E-state index in [0.29, 0.717) is 0 Å². The molecule has 8 nitrogen and oxygen atoms in total. The molecule has 1 aromatic rings. The number of rotatable bonds is 8. The molecule has 0 aliphatic rings. The van der Waals surface area contributed by atoms with Gasteiger partial charge in [0.25, 0.3) is 0 Å². The van der Waals surface area contributed by atoms with E-state index in [2.05, 4.69) is 4.72 Å². The summed E-state index contributed by atoms with van der Waals surface area (Å²) in [7, 11) is -7.45. The molecule has 2 N–H and O–H groups in total. The zero-order valence-corrected chi connectivity index (χ0v) is 14.6. The summed E-state index contributed by atoms with van der Waals surface area (Å²) in [6, 6.07) is 7.10. The van der Waals surface area contributed by atoms with Gasteiger partial charge in [0.15, 0.2) is 9.84 Å². The van der Waals surface area contributed by atoms with Crippen LogP contribution in [-0.4, -0.2) is 46.1 Å². The quantitative estimate of drug-likeness (QED) is 0.648. The molecular formula is C14H17N3O5S2. The third kappa shape index (κ3) is 5.91. The van der Waals surface area contributed by atoms with E-state index in [1.807, 2.05) is 0 Å². The highest BCUT2D eigenvalue weighted by atomic mass is 32.2. The second-order valence-corrected chi connectivity index (χ2v) is 9.16. The third-order valence-corrected chi connectivity index (χ3v) is 6.25. The van der Waals surface area contributed by atoms with Crippen molar-refractivity contribution in [2.24, 2.45) is 0 Å². The highest BCUT2D eigenvalue weighted by Gasteiger charge is 2.19. The zero-order chi connectivity index (χ0) is 18.4. The van der Waals surface area contributed by atoms with Gasteiger partial charge in [0.1, 0.15) is 12.1 Å². The minimum Gasteiger partial charge on any atom is -0.392 e. The first-order chi connectivity index (χ1) is 11.1. The molecule has 0 saturated carbocycles. The van der Waals surface area contributed by atoms with Gasteiger partial charge >= 0.3 is 0 Å². The summed E-state index contributed by atoms with van der Waals surface area (Å²) < 4.78 is 49.9. The van der Waals surface area contributed by atoms with Crippen LogP contribution in [0.1, 0.15) is 24.5 Å². The monoisotopic (exact) mass is 371 g/mol. The molecule has 130 valence electrons. The third-order valence-electron chi connectivity index (χ3n) is 3.02. The summed E-state index contributed by atoms with van der Waals surface area (Å²) in [5.74, 6) is -0.820. The Morgan fingerprint density at radius 3 is 2.29 bits per heavy atom. The second kappa shape index (κ2) is 8.22. The van der Waals surface area contributed by atoms with Crippen molar-refractivity contribution in [3.05, 3.63) is 29.3 Å². The van der Waals surface area contributed by atoms with Crippen LogP contribution in [0, 0.1) is 22.7 Å². The van der Waals surface area contributed by atoms with Crippen molar-refractivity contribution in [3.63, 3.8) is 0 Å². The van der Waals surface area contributed by atoms with Gasteiger partial charge in [0, 0.05) is 6.54 Å². The maximum Gasteiger partial charge on any atom is 0.211 e. The zero-order valence-electron chi connectivity index (χ0n) is 12.9. The van der Waals surface area contributed by atoms with Gasteiger partial charge in [-0.25, -0.2) is 21.6 Å². The van der Waals surface area contributed by atoms with Crippen molar-refractivity contribution < 1.29 is 21.9 Å². The largest absolute Gasteiger partial charge is 0.392 e. The summed E-state index contributed by atoms with van der Waals surface area (Å²) in [5, 5.41) is 26.8. The predicted octanol–water partition coefficient (Wildman–Crippen LogP) is -0.106. The molecule has 24 heavy (non-hydrogen) atoms. The molecule has 1 rings (SSSR count). The maximum absolute atomic E-state index is 12.2. The van der Waals surface area contributed by atoms with Crippen LogP contribution < -0.4 is 4.72 Å². The highest BCUT2D eigenvalue weighted by Crippen LogP contribution is 2.17. The van der Waals surface area contributed by atoms with Crippen LogP contribution in [0.5, 0.6) is 0 Å². The Kier molecular flexibility index (Phi) is 6.87. The minimum atomic E-state index is -3.77. The van der Waals surface area contributed by atoms with Crippen molar-refractivity contribution >= 4 is 19.9 Å². The number of sulfone groups is 1. The van der Waals surface area contributed by atoms with Gasteiger partial charge in [-0.1, -0.05) is 0 Å². The Morgan fingerprint density at radius 1 is 1.12 bits per heavy atom. The number of benzene rings is 1. The Morgan fingerprint density at radius 2 is 1.75 bits per heavy atom. The summed E-state index contributed by atoms with van der Waals surface area (Å²) >= 11 is 0. The number of nitriles is 2. The van der Waals surface area contributed by atoms with Crippen molar-refractivity contribution in [1.82, 2.24) is 4.72 Å². The average Bonchev–Trinajstić information content (AvgIpc) is 2.52. The first kappa shape index (κ1) is 20.1. The van der Waals surface area contributed by atoms with Crippen LogP contribution in [-0.2, 0) is 19.9 Å². The van der Waals surface area contributed by atoms with Gasteiger partial charge in [0.2, 0.25) is 10.0 Å². The molecular weight excluding hydrogens is 354 g/mol. The summed E-state index contributed by atoms with van der Waals surface area (Å²) in [6.45, 7) is 1.28. The Hall–Kier alpha value is -1.98. The van der Waals surface area contributed by atoms with E-state index in [1.54, 1.807) is 12.1 Å². The number of hydrogen-bond donors (Lipinski definition) is 2. The minimum absolute atomic E-state index is 0.0511. The molecule has 0 heterocycles. The Labute approximate surface area is 141 Å². The van der Waals surface area contributed by atoms with Crippen LogP contribution in [0.2, 0.25) is 0 Å². The molecule has 0 amide bonds. The van der Waals surface area contributed by atoms with E-state index in [9.17, 15) is 16.8 Å². The van der Waals surface area contributed by atoms with Crippen LogP contribution in [0.3, 0.4) is 0 Å². The predicted molar refractivity (Wildman–Crippen MR) is 86.0 cm³/mol. The average molecular weight is 371 g/mol. The number of sulfonamides is 1. The van der Waals surface area contributed by atoms with Gasteiger partial charge in [0.05, 0.1) is 33.6 Å². The topological polar surface area (TPSA) is 148 Å².